The van der Waals surface area contributed by atoms with Crippen molar-refractivity contribution in [2.24, 2.45) is 16.3 Å². The summed E-state index contributed by atoms with van der Waals surface area (Å²) < 4.78 is 0. The number of halogens is 3. The molecule has 4 N–H and O–H groups in total. The first kappa shape index (κ1) is 18.2. The van der Waals surface area contributed by atoms with E-state index in [4.69, 9.17) is 45.7 Å². The number of anilines is 1. The number of nitrogens with one attached hydrogen (secondary N) is 1. The summed E-state index contributed by atoms with van der Waals surface area (Å²) in [5, 5.41) is 16.5. The van der Waals surface area contributed by atoms with Gasteiger partial charge in [0.15, 0.2) is 0 Å². The summed E-state index contributed by atoms with van der Waals surface area (Å²) in [5.74, 6) is 0.253. The third-order valence-electron chi connectivity index (χ3n) is 3.36. The Kier molecular flexibility index (Phi) is 6.91. The standard InChI is InChI=1S/C14H20Cl3N3O/c1-14(2,13(18)20-21)5-3-4-6-19-12-8-10(16)9(15)7-11(12)17/h7-8,19,21H,3-6H2,1-2H3,(H2,18,20). The molecule has 0 radical (unpaired) electrons. The van der Waals surface area contributed by atoms with E-state index in [2.05, 4.69) is 10.5 Å². The van der Waals surface area contributed by atoms with Gasteiger partial charge in [-0.05, 0) is 25.0 Å². The first-order valence-electron chi connectivity index (χ1n) is 6.64. The Labute approximate surface area is 140 Å². The number of unbranched alkanes of at least 4 members (excludes halogenated alkanes) is 1. The molecule has 0 amide bonds. The molecule has 0 bridgehead atoms. The largest absolute Gasteiger partial charge is 0.409 e. The van der Waals surface area contributed by atoms with Gasteiger partial charge < -0.3 is 16.3 Å². The van der Waals surface area contributed by atoms with Crippen molar-refractivity contribution in [3.05, 3.63) is 27.2 Å². The Morgan fingerprint density at radius 3 is 2.43 bits per heavy atom. The van der Waals surface area contributed by atoms with Gasteiger partial charge in [-0.25, -0.2) is 0 Å². The van der Waals surface area contributed by atoms with E-state index < -0.39 is 0 Å². The molecule has 1 rings (SSSR count). The van der Waals surface area contributed by atoms with Gasteiger partial charge in [0.05, 0.1) is 20.8 Å². The molecule has 0 spiro atoms. The van der Waals surface area contributed by atoms with Gasteiger partial charge in [-0.2, -0.15) is 0 Å². The maximum atomic E-state index is 8.71. The van der Waals surface area contributed by atoms with Gasteiger partial charge in [0, 0.05) is 12.0 Å². The number of hydrogen-bond acceptors (Lipinski definition) is 3. The summed E-state index contributed by atoms with van der Waals surface area (Å²) >= 11 is 17.9. The van der Waals surface area contributed by atoms with E-state index in [9.17, 15) is 0 Å². The van der Waals surface area contributed by atoms with E-state index in [0.717, 1.165) is 31.5 Å². The molecule has 0 saturated carbocycles. The molecular formula is C14H20Cl3N3O. The van der Waals surface area contributed by atoms with Crippen molar-refractivity contribution in [2.45, 2.75) is 33.1 Å². The highest BCUT2D eigenvalue weighted by Crippen LogP contribution is 2.32. The Morgan fingerprint density at radius 1 is 1.19 bits per heavy atom. The van der Waals surface area contributed by atoms with E-state index in [0.29, 0.717) is 15.1 Å². The summed E-state index contributed by atoms with van der Waals surface area (Å²) in [6.07, 6.45) is 2.70. The lowest BCUT2D eigenvalue weighted by atomic mass is 9.86. The lowest BCUT2D eigenvalue weighted by Gasteiger charge is -2.22. The summed E-state index contributed by atoms with van der Waals surface area (Å²) in [5.41, 5.74) is 6.10. The first-order valence-corrected chi connectivity index (χ1v) is 7.77. The quantitative estimate of drug-likeness (QED) is 0.161. The highest BCUT2D eigenvalue weighted by molar-refractivity contribution is 6.44. The van der Waals surface area contributed by atoms with E-state index in [1.165, 1.54) is 0 Å². The van der Waals surface area contributed by atoms with Crippen molar-refractivity contribution in [3.8, 4) is 0 Å². The summed E-state index contributed by atoms with van der Waals surface area (Å²) in [4.78, 5) is 0. The smallest absolute Gasteiger partial charge is 0.144 e. The van der Waals surface area contributed by atoms with Gasteiger partial charge in [-0.15, -0.1) is 0 Å². The SMILES string of the molecule is CC(C)(CCCCNc1cc(Cl)c(Cl)cc1Cl)/C(N)=N/O. The Bertz CT molecular complexity index is 518. The van der Waals surface area contributed by atoms with Gasteiger partial charge in [0.1, 0.15) is 5.84 Å². The molecule has 1 aromatic carbocycles. The monoisotopic (exact) mass is 351 g/mol. The Morgan fingerprint density at radius 2 is 1.81 bits per heavy atom. The van der Waals surface area contributed by atoms with Crippen LogP contribution in [0.4, 0.5) is 5.69 Å². The third-order valence-corrected chi connectivity index (χ3v) is 4.39. The number of oxime groups is 1. The summed E-state index contributed by atoms with van der Waals surface area (Å²) in [6, 6.07) is 3.34. The van der Waals surface area contributed by atoms with E-state index >= 15 is 0 Å². The molecule has 0 aliphatic heterocycles. The zero-order valence-electron chi connectivity index (χ0n) is 12.1. The van der Waals surface area contributed by atoms with Crippen LogP contribution in [0.25, 0.3) is 0 Å². The first-order chi connectivity index (χ1) is 9.77. The van der Waals surface area contributed by atoms with Crippen LogP contribution in [-0.2, 0) is 0 Å². The molecular weight excluding hydrogens is 333 g/mol. The lowest BCUT2D eigenvalue weighted by Crippen LogP contribution is -2.31. The maximum absolute atomic E-state index is 8.71. The fourth-order valence-electron chi connectivity index (χ4n) is 1.84. The third kappa shape index (κ3) is 5.46. The van der Waals surface area contributed by atoms with Crippen LogP contribution in [0.2, 0.25) is 15.1 Å². The number of nitrogens with two attached hydrogens (primary N) is 1. The normalized spacial score (nSPS) is 12.5. The molecule has 4 nitrogen and oxygen atoms in total. The van der Waals surface area contributed by atoms with Crippen molar-refractivity contribution in [3.63, 3.8) is 0 Å². The molecule has 0 aromatic heterocycles. The van der Waals surface area contributed by atoms with Gasteiger partial charge in [-0.3, -0.25) is 0 Å². The van der Waals surface area contributed by atoms with E-state index in [-0.39, 0.29) is 11.3 Å². The average Bonchev–Trinajstić information content (AvgIpc) is 2.42. The van der Waals surface area contributed by atoms with E-state index in [1.54, 1.807) is 12.1 Å². The molecule has 0 aliphatic carbocycles. The molecule has 7 heteroatoms. The zero-order valence-corrected chi connectivity index (χ0v) is 14.4. The number of amidine groups is 1. The van der Waals surface area contributed by atoms with Crippen LogP contribution >= 0.6 is 34.8 Å². The maximum Gasteiger partial charge on any atom is 0.144 e. The molecule has 0 saturated heterocycles. The van der Waals surface area contributed by atoms with Crippen molar-refractivity contribution >= 4 is 46.3 Å². The molecule has 21 heavy (non-hydrogen) atoms. The van der Waals surface area contributed by atoms with Crippen molar-refractivity contribution < 1.29 is 5.21 Å². The minimum absolute atomic E-state index is 0.253. The number of nitrogens with zero attached hydrogens (tertiary/aromatic N) is 1. The number of benzene rings is 1. The van der Waals surface area contributed by atoms with Crippen LogP contribution in [0.3, 0.4) is 0 Å². The van der Waals surface area contributed by atoms with Crippen LogP contribution in [0.1, 0.15) is 33.1 Å². The Hall–Kier alpha value is -0.840. The molecule has 0 aliphatic rings. The van der Waals surface area contributed by atoms with E-state index in [1.807, 2.05) is 13.8 Å². The lowest BCUT2D eigenvalue weighted by molar-refractivity contribution is 0.304. The van der Waals surface area contributed by atoms with Crippen molar-refractivity contribution in [1.82, 2.24) is 0 Å². The van der Waals surface area contributed by atoms with Crippen LogP contribution in [0, 0.1) is 5.41 Å². The predicted molar refractivity (Wildman–Crippen MR) is 91.0 cm³/mol. The summed E-state index contributed by atoms with van der Waals surface area (Å²) in [6.45, 7) is 4.65. The van der Waals surface area contributed by atoms with Crippen LogP contribution in [-0.4, -0.2) is 17.6 Å². The summed E-state index contributed by atoms with van der Waals surface area (Å²) in [7, 11) is 0. The fraction of sp³-hybridized carbons (Fsp3) is 0.500. The van der Waals surface area contributed by atoms with Crippen molar-refractivity contribution in [1.29, 1.82) is 0 Å². The predicted octanol–water partition coefficient (Wildman–Crippen LogP) is 5.00. The molecule has 0 unspecified atom stereocenters. The van der Waals surface area contributed by atoms with Crippen LogP contribution < -0.4 is 11.1 Å². The second-order valence-corrected chi connectivity index (χ2v) is 6.72. The second kappa shape index (κ2) is 7.97. The zero-order chi connectivity index (χ0) is 16.0. The topological polar surface area (TPSA) is 70.6 Å². The second-order valence-electron chi connectivity index (χ2n) is 5.50. The average molecular weight is 353 g/mol. The van der Waals surface area contributed by atoms with Crippen molar-refractivity contribution in [2.75, 3.05) is 11.9 Å². The van der Waals surface area contributed by atoms with Gasteiger partial charge in [0.2, 0.25) is 0 Å². The molecule has 0 atom stereocenters. The minimum Gasteiger partial charge on any atom is -0.409 e. The highest BCUT2D eigenvalue weighted by atomic mass is 35.5. The van der Waals surface area contributed by atoms with Crippen LogP contribution in [0.15, 0.2) is 17.3 Å². The molecule has 118 valence electrons. The highest BCUT2D eigenvalue weighted by Gasteiger charge is 2.22. The number of hydrogen-bond donors (Lipinski definition) is 3. The molecule has 0 fully saturated rings. The molecule has 0 heterocycles. The van der Waals surface area contributed by atoms with Gasteiger partial charge in [0.25, 0.3) is 0 Å². The minimum atomic E-state index is -0.310. The van der Waals surface area contributed by atoms with Gasteiger partial charge >= 0.3 is 0 Å². The van der Waals surface area contributed by atoms with Gasteiger partial charge in [-0.1, -0.05) is 60.2 Å². The number of rotatable bonds is 7. The Balaban J connectivity index is 2.40. The molecule has 1 aromatic rings. The fourth-order valence-corrected chi connectivity index (χ4v) is 2.45. The van der Waals surface area contributed by atoms with Crippen LogP contribution in [0.5, 0.6) is 0 Å².